The molecular weight excluding hydrogens is 403 g/mol. The van der Waals surface area contributed by atoms with E-state index in [2.05, 4.69) is 4.99 Å². The maximum atomic E-state index is 16.4. The Morgan fingerprint density at radius 1 is 1.06 bits per heavy atom. The number of amidine groups is 1. The fourth-order valence-corrected chi connectivity index (χ4v) is 4.82. The number of nitrogens with zero attached hydrogens (tertiary/aromatic N) is 3. The predicted octanol–water partition coefficient (Wildman–Crippen LogP) is 6.33. The van der Waals surface area contributed by atoms with Crippen LogP contribution in [0.25, 0.3) is 0 Å². The van der Waals surface area contributed by atoms with E-state index in [1.165, 1.54) is 6.07 Å². The first kappa shape index (κ1) is 21.4. The van der Waals surface area contributed by atoms with Crippen LogP contribution in [-0.2, 0) is 0 Å². The van der Waals surface area contributed by atoms with Crippen molar-refractivity contribution in [2.75, 3.05) is 4.90 Å². The molecule has 0 bridgehead atoms. The molecule has 0 amide bonds. The third-order valence-corrected chi connectivity index (χ3v) is 6.23. The summed E-state index contributed by atoms with van der Waals surface area (Å²) in [5, 5.41) is 13.4. The summed E-state index contributed by atoms with van der Waals surface area (Å²) in [6, 6.07) is 9.67. The van der Waals surface area contributed by atoms with Crippen molar-refractivity contribution >= 4 is 22.9 Å². The summed E-state index contributed by atoms with van der Waals surface area (Å²) >= 11 is 0. The van der Waals surface area contributed by atoms with Crippen LogP contribution in [-0.4, -0.2) is 28.6 Å². The number of fused-ring (bicyclic) bond motifs is 3. The summed E-state index contributed by atoms with van der Waals surface area (Å²) < 4.78 is 48.9. The SMILES string of the molecule is CCCC1(CCC)C(F)N=C2C(c3ccccc3)=[N+]([O-])c3cc(C)ccc3N2C1(F)F. The molecule has 0 aliphatic carbocycles. The van der Waals surface area contributed by atoms with Gasteiger partial charge in [0.15, 0.2) is 0 Å². The summed E-state index contributed by atoms with van der Waals surface area (Å²) in [6.07, 6.45) is -1.33. The summed E-state index contributed by atoms with van der Waals surface area (Å²) in [4.78, 5) is 4.94. The first-order valence-corrected chi connectivity index (χ1v) is 10.7. The Hall–Kier alpha value is -2.83. The average Bonchev–Trinajstić information content (AvgIpc) is 2.73. The van der Waals surface area contributed by atoms with Crippen LogP contribution in [0.2, 0.25) is 0 Å². The van der Waals surface area contributed by atoms with E-state index in [9.17, 15) is 5.21 Å². The van der Waals surface area contributed by atoms with Gasteiger partial charge in [0.05, 0.1) is 5.56 Å². The molecule has 0 spiro atoms. The minimum Gasteiger partial charge on any atom is -0.618 e. The van der Waals surface area contributed by atoms with E-state index in [1.54, 1.807) is 63.2 Å². The monoisotopic (exact) mass is 429 g/mol. The van der Waals surface area contributed by atoms with Gasteiger partial charge in [-0.25, -0.2) is 9.38 Å². The number of halogens is 3. The quantitative estimate of drug-likeness (QED) is 0.316. The Morgan fingerprint density at radius 2 is 1.71 bits per heavy atom. The molecular formula is C24H26F3N3O. The van der Waals surface area contributed by atoms with Gasteiger partial charge in [0.25, 0.3) is 5.71 Å². The van der Waals surface area contributed by atoms with Gasteiger partial charge in [0.2, 0.25) is 17.8 Å². The normalized spacial score (nSPS) is 21.4. The number of hydrogen-bond acceptors (Lipinski definition) is 3. The van der Waals surface area contributed by atoms with E-state index >= 15 is 13.2 Å². The highest BCUT2D eigenvalue weighted by atomic mass is 19.3. The first-order chi connectivity index (χ1) is 14.8. The van der Waals surface area contributed by atoms with Gasteiger partial charge in [-0.2, -0.15) is 13.5 Å². The molecule has 31 heavy (non-hydrogen) atoms. The van der Waals surface area contributed by atoms with Crippen molar-refractivity contribution in [3.63, 3.8) is 0 Å². The zero-order valence-corrected chi connectivity index (χ0v) is 17.9. The van der Waals surface area contributed by atoms with Crippen LogP contribution in [0, 0.1) is 17.5 Å². The van der Waals surface area contributed by atoms with Gasteiger partial charge in [-0.05, 0) is 43.5 Å². The van der Waals surface area contributed by atoms with Gasteiger partial charge < -0.3 is 5.21 Å². The van der Waals surface area contributed by atoms with E-state index in [-0.39, 0.29) is 35.8 Å². The van der Waals surface area contributed by atoms with E-state index < -0.39 is 17.8 Å². The van der Waals surface area contributed by atoms with Crippen molar-refractivity contribution in [1.29, 1.82) is 0 Å². The lowest BCUT2D eigenvalue weighted by molar-refractivity contribution is -0.359. The molecule has 164 valence electrons. The molecule has 7 heteroatoms. The minimum atomic E-state index is -3.57. The molecule has 2 aliphatic heterocycles. The molecule has 1 atom stereocenters. The van der Waals surface area contributed by atoms with Crippen molar-refractivity contribution < 1.29 is 17.9 Å². The maximum absolute atomic E-state index is 16.4. The Bertz CT molecular complexity index is 1040. The molecule has 4 rings (SSSR count). The largest absolute Gasteiger partial charge is 0.618 e. The van der Waals surface area contributed by atoms with Crippen LogP contribution < -0.4 is 4.90 Å². The Labute approximate surface area is 180 Å². The molecule has 2 aromatic carbocycles. The van der Waals surface area contributed by atoms with Crippen molar-refractivity contribution in [2.45, 2.75) is 58.8 Å². The number of aryl methyl sites for hydroxylation is 1. The molecule has 4 nitrogen and oxygen atoms in total. The van der Waals surface area contributed by atoms with Gasteiger partial charge in [-0.1, -0.05) is 51.0 Å². The van der Waals surface area contributed by atoms with Crippen LogP contribution >= 0.6 is 0 Å². The zero-order valence-electron chi connectivity index (χ0n) is 17.9. The van der Waals surface area contributed by atoms with Crippen molar-refractivity contribution in [1.82, 2.24) is 0 Å². The fraction of sp³-hybridized carbons (Fsp3) is 0.417. The minimum absolute atomic E-state index is 0.00869. The van der Waals surface area contributed by atoms with Gasteiger partial charge in [-0.3, -0.25) is 4.90 Å². The van der Waals surface area contributed by atoms with Crippen LogP contribution in [0.15, 0.2) is 53.5 Å². The smallest absolute Gasteiger partial charge is 0.341 e. The summed E-state index contributed by atoms with van der Waals surface area (Å²) in [7, 11) is 0. The van der Waals surface area contributed by atoms with Gasteiger partial charge >= 0.3 is 6.05 Å². The van der Waals surface area contributed by atoms with Crippen LogP contribution in [0.5, 0.6) is 0 Å². The van der Waals surface area contributed by atoms with Gasteiger partial charge in [-0.15, -0.1) is 0 Å². The van der Waals surface area contributed by atoms with Crippen molar-refractivity contribution in [3.05, 3.63) is 64.9 Å². The summed E-state index contributed by atoms with van der Waals surface area (Å²) in [5.41, 5.74) is -0.694. The Morgan fingerprint density at radius 3 is 2.32 bits per heavy atom. The first-order valence-electron chi connectivity index (χ1n) is 10.7. The number of benzene rings is 2. The lowest BCUT2D eigenvalue weighted by atomic mass is 9.73. The predicted molar refractivity (Wildman–Crippen MR) is 117 cm³/mol. The number of hydrogen-bond donors (Lipinski definition) is 0. The molecule has 0 saturated carbocycles. The second-order valence-electron chi connectivity index (χ2n) is 8.32. The summed E-state index contributed by atoms with van der Waals surface area (Å²) in [6.45, 7) is 5.34. The molecule has 2 heterocycles. The van der Waals surface area contributed by atoms with Crippen LogP contribution in [0.4, 0.5) is 24.5 Å². The molecule has 2 aliphatic rings. The number of alkyl halides is 3. The Balaban J connectivity index is 2.06. The lowest BCUT2D eigenvalue weighted by Crippen LogP contribution is -2.66. The number of rotatable bonds is 5. The highest BCUT2D eigenvalue weighted by molar-refractivity contribution is 6.51. The van der Waals surface area contributed by atoms with Gasteiger partial charge in [0.1, 0.15) is 11.1 Å². The molecule has 0 N–H and O–H groups in total. The van der Waals surface area contributed by atoms with Crippen LogP contribution in [0.1, 0.15) is 50.7 Å². The Kier molecular flexibility index (Phi) is 5.31. The molecule has 1 unspecified atom stereocenters. The molecule has 0 saturated heterocycles. The zero-order chi connectivity index (χ0) is 22.4. The molecule has 0 aromatic heterocycles. The average molecular weight is 429 g/mol. The van der Waals surface area contributed by atoms with E-state index in [1.807, 2.05) is 0 Å². The van der Waals surface area contributed by atoms with Gasteiger partial charge in [0, 0.05) is 6.07 Å². The van der Waals surface area contributed by atoms with E-state index in [0.717, 1.165) is 10.5 Å². The number of anilines is 1. The standard InChI is InChI=1S/C24H26F3N3O/c1-4-13-23(14-5-2)22(25)28-21-20(17-9-7-6-8-10-17)30(31)19-15-16(3)11-12-18(19)29(21)24(23,26)27/h6-12,15,22H,4-5,13-14H2,1-3H3. The molecule has 2 aromatic rings. The summed E-state index contributed by atoms with van der Waals surface area (Å²) in [5.74, 6) is -0.321. The fourth-order valence-electron chi connectivity index (χ4n) is 4.82. The maximum Gasteiger partial charge on any atom is 0.341 e. The molecule has 0 radical (unpaired) electrons. The number of aliphatic imine (C=N–C) groups is 1. The van der Waals surface area contributed by atoms with E-state index in [4.69, 9.17) is 0 Å². The topological polar surface area (TPSA) is 41.7 Å². The lowest BCUT2D eigenvalue weighted by Gasteiger charge is -2.50. The highest BCUT2D eigenvalue weighted by Gasteiger charge is 2.67. The van der Waals surface area contributed by atoms with Crippen molar-refractivity contribution in [3.8, 4) is 0 Å². The second-order valence-corrected chi connectivity index (χ2v) is 8.32. The van der Waals surface area contributed by atoms with Crippen LogP contribution in [0.3, 0.4) is 0 Å². The highest BCUT2D eigenvalue weighted by Crippen LogP contribution is 2.56. The third kappa shape index (κ3) is 3.05. The third-order valence-electron chi connectivity index (χ3n) is 6.23. The van der Waals surface area contributed by atoms with Crippen molar-refractivity contribution in [2.24, 2.45) is 10.4 Å². The second kappa shape index (κ2) is 7.70. The van der Waals surface area contributed by atoms with E-state index in [0.29, 0.717) is 23.1 Å². The molecule has 0 fully saturated rings.